The van der Waals surface area contributed by atoms with Gasteiger partial charge in [0.1, 0.15) is 0 Å². The smallest absolute Gasteiger partial charge is 0.165 e. The van der Waals surface area contributed by atoms with Crippen molar-refractivity contribution in [2.45, 2.75) is 57.7 Å². The van der Waals surface area contributed by atoms with Gasteiger partial charge < -0.3 is 14.8 Å². The first-order valence-electron chi connectivity index (χ1n) is 7.85. The van der Waals surface area contributed by atoms with Crippen molar-refractivity contribution in [1.82, 2.24) is 5.32 Å². The fraction of sp³-hybridized carbons (Fsp3) is 0.647. The molecule has 2 rings (SSSR count). The number of rotatable bonds is 6. The van der Waals surface area contributed by atoms with Crippen LogP contribution < -0.4 is 10.1 Å². The van der Waals surface area contributed by atoms with Crippen molar-refractivity contribution in [3.05, 3.63) is 29.6 Å². The monoisotopic (exact) mass is 295 g/mol. The van der Waals surface area contributed by atoms with Gasteiger partial charge in [-0.15, -0.1) is 0 Å². The second-order valence-corrected chi connectivity index (χ2v) is 5.79. The average Bonchev–Trinajstić information content (AvgIpc) is 2.48. The third-order valence-electron chi connectivity index (χ3n) is 4.14. The molecule has 0 saturated carbocycles. The number of benzene rings is 1. The number of halogens is 1. The lowest BCUT2D eigenvalue weighted by Crippen LogP contribution is -2.40. The van der Waals surface area contributed by atoms with Gasteiger partial charge in [-0.3, -0.25) is 0 Å². The van der Waals surface area contributed by atoms with Gasteiger partial charge in [0.05, 0.1) is 13.2 Å². The van der Waals surface area contributed by atoms with Crippen LogP contribution in [0.3, 0.4) is 0 Å². The zero-order chi connectivity index (χ0) is 15.2. The first-order valence-corrected chi connectivity index (χ1v) is 7.85. The molecule has 1 aromatic carbocycles. The molecule has 4 heteroatoms. The fourth-order valence-corrected chi connectivity index (χ4v) is 2.96. The maximum absolute atomic E-state index is 13.8. The van der Waals surface area contributed by atoms with Gasteiger partial charge in [0.2, 0.25) is 0 Å². The summed E-state index contributed by atoms with van der Waals surface area (Å²) in [6, 6.07) is 5.72. The summed E-state index contributed by atoms with van der Waals surface area (Å²) < 4.78 is 24.5. The van der Waals surface area contributed by atoms with Crippen molar-refractivity contribution in [2.75, 3.05) is 13.7 Å². The van der Waals surface area contributed by atoms with Crippen LogP contribution in [0.25, 0.3) is 0 Å². The molecular weight excluding hydrogens is 269 g/mol. The van der Waals surface area contributed by atoms with Crippen LogP contribution in [0.4, 0.5) is 4.39 Å². The van der Waals surface area contributed by atoms with E-state index in [9.17, 15) is 4.39 Å². The lowest BCUT2D eigenvalue weighted by molar-refractivity contribution is -0.00473. The van der Waals surface area contributed by atoms with Crippen LogP contribution in [0.1, 0.15) is 51.1 Å². The van der Waals surface area contributed by atoms with Gasteiger partial charge in [-0.25, -0.2) is 4.39 Å². The van der Waals surface area contributed by atoms with E-state index in [0.29, 0.717) is 17.9 Å². The highest BCUT2D eigenvalue weighted by Gasteiger charge is 2.23. The maximum atomic E-state index is 13.8. The van der Waals surface area contributed by atoms with Crippen LogP contribution in [0.15, 0.2) is 18.2 Å². The molecule has 118 valence electrons. The quantitative estimate of drug-likeness (QED) is 0.865. The molecule has 1 aliphatic rings. The largest absolute Gasteiger partial charge is 0.494 e. The summed E-state index contributed by atoms with van der Waals surface area (Å²) in [7, 11) is 1.48. The van der Waals surface area contributed by atoms with Crippen molar-refractivity contribution in [3.8, 4) is 5.75 Å². The second kappa shape index (κ2) is 7.76. The third kappa shape index (κ3) is 4.42. The minimum atomic E-state index is -0.306. The lowest BCUT2D eigenvalue weighted by atomic mass is 9.98. The topological polar surface area (TPSA) is 30.5 Å². The highest BCUT2D eigenvalue weighted by molar-refractivity contribution is 5.30. The molecule has 1 aliphatic heterocycles. The van der Waals surface area contributed by atoms with Gasteiger partial charge in [0, 0.05) is 18.7 Å². The molecule has 1 aromatic rings. The first kappa shape index (κ1) is 16.2. The van der Waals surface area contributed by atoms with Crippen LogP contribution in [0.2, 0.25) is 0 Å². The Bertz CT molecular complexity index is 450. The number of hydrogen-bond acceptors (Lipinski definition) is 3. The average molecular weight is 295 g/mol. The molecule has 3 atom stereocenters. The summed E-state index contributed by atoms with van der Waals surface area (Å²) in [6.45, 7) is 5.07. The van der Waals surface area contributed by atoms with Gasteiger partial charge in [0.15, 0.2) is 11.6 Å². The van der Waals surface area contributed by atoms with Crippen LogP contribution in [0, 0.1) is 5.82 Å². The van der Waals surface area contributed by atoms with Crippen molar-refractivity contribution < 1.29 is 13.9 Å². The SMILES string of the molecule is CCCC1CC(NC(C)c2ccc(OC)c(F)c2)CCO1. The van der Waals surface area contributed by atoms with E-state index in [1.807, 2.05) is 6.07 Å². The Balaban J connectivity index is 1.94. The van der Waals surface area contributed by atoms with E-state index in [1.165, 1.54) is 7.11 Å². The Morgan fingerprint density at radius 1 is 1.48 bits per heavy atom. The van der Waals surface area contributed by atoms with Gasteiger partial charge >= 0.3 is 0 Å². The molecule has 1 N–H and O–H groups in total. The van der Waals surface area contributed by atoms with Crippen LogP contribution >= 0.6 is 0 Å². The van der Waals surface area contributed by atoms with Crippen molar-refractivity contribution in [1.29, 1.82) is 0 Å². The highest BCUT2D eigenvalue weighted by atomic mass is 19.1. The first-order chi connectivity index (χ1) is 10.1. The molecule has 0 aliphatic carbocycles. The molecule has 3 unspecified atom stereocenters. The van der Waals surface area contributed by atoms with Crippen molar-refractivity contribution in [2.24, 2.45) is 0 Å². The van der Waals surface area contributed by atoms with Crippen LogP contribution in [-0.2, 0) is 4.74 Å². The zero-order valence-corrected chi connectivity index (χ0v) is 13.2. The van der Waals surface area contributed by atoms with E-state index in [-0.39, 0.29) is 11.9 Å². The Hall–Kier alpha value is -1.13. The third-order valence-corrected chi connectivity index (χ3v) is 4.14. The molecule has 1 saturated heterocycles. The molecule has 1 heterocycles. The summed E-state index contributed by atoms with van der Waals surface area (Å²) >= 11 is 0. The normalized spacial score (nSPS) is 23.8. The summed E-state index contributed by atoms with van der Waals surface area (Å²) in [5.41, 5.74) is 0.951. The van der Waals surface area contributed by atoms with E-state index in [1.54, 1.807) is 12.1 Å². The predicted molar refractivity (Wildman–Crippen MR) is 82.2 cm³/mol. The molecule has 0 spiro atoms. The van der Waals surface area contributed by atoms with E-state index < -0.39 is 0 Å². The molecule has 0 amide bonds. The molecule has 1 fully saturated rings. The Labute approximate surface area is 126 Å². The number of nitrogens with one attached hydrogen (secondary N) is 1. The van der Waals surface area contributed by atoms with E-state index in [0.717, 1.165) is 37.9 Å². The molecule has 0 radical (unpaired) electrons. The molecule has 3 nitrogen and oxygen atoms in total. The van der Waals surface area contributed by atoms with Gasteiger partial charge in [0.25, 0.3) is 0 Å². The number of ether oxygens (including phenoxy) is 2. The van der Waals surface area contributed by atoms with Gasteiger partial charge in [-0.2, -0.15) is 0 Å². The second-order valence-electron chi connectivity index (χ2n) is 5.79. The summed E-state index contributed by atoms with van der Waals surface area (Å²) in [5.74, 6) is -0.0143. The Morgan fingerprint density at radius 3 is 2.95 bits per heavy atom. The molecular formula is C17H26FNO2. The minimum absolute atomic E-state index is 0.121. The molecule has 0 aromatic heterocycles. The number of methoxy groups -OCH3 is 1. The van der Waals surface area contributed by atoms with E-state index >= 15 is 0 Å². The summed E-state index contributed by atoms with van der Waals surface area (Å²) in [6.07, 6.45) is 4.68. The minimum Gasteiger partial charge on any atom is -0.494 e. The molecule has 0 bridgehead atoms. The fourth-order valence-electron chi connectivity index (χ4n) is 2.96. The van der Waals surface area contributed by atoms with Gasteiger partial charge in [-0.05, 0) is 43.9 Å². The summed E-state index contributed by atoms with van der Waals surface area (Å²) in [5, 5.41) is 3.60. The lowest BCUT2D eigenvalue weighted by Gasteiger charge is -2.32. The zero-order valence-electron chi connectivity index (χ0n) is 13.2. The van der Waals surface area contributed by atoms with Crippen molar-refractivity contribution >= 4 is 0 Å². The van der Waals surface area contributed by atoms with Gasteiger partial charge in [-0.1, -0.05) is 19.4 Å². The van der Waals surface area contributed by atoms with Crippen LogP contribution in [-0.4, -0.2) is 25.9 Å². The standard InChI is InChI=1S/C17H26FNO2/c1-4-5-15-11-14(8-9-21-15)19-12(2)13-6-7-17(20-3)16(18)10-13/h6-7,10,12,14-15,19H,4-5,8-9,11H2,1-3H3. The molecule has 21 heavy (non-hydrogen) atoms. The maximum Gasteiger partial charge on any atom is 0.165 e. The van der Waals surface area contributed by atoms with Crippen molar-refractivity contribution in [3.63, 3.8) is 0 Å². The summed E-state index contributed by atoms with van der Waals surface area (Å²) in [4.78, 5) is 0. The predicted octanol–water partition coefficient (Wildman–Crippen LogP) is 3.83. The Kier molecular flexibility index (Phi) is 6.00. The van der Waals surface area contributed by atoms with E-state index in [2.05, 4.69) is 19.2 Å². The highest BCUT2D eigenvalue weighted by Crippen LogP contribution is 2.24. The number of hydrogen-bond donors (Lipinski definition) is 1. The van der Waals surface area contributed by atoms with E-state index in [4.69, 9.17) is 9.47 Å². The van der Waals surface area contributed by atoms with Crippen LogP contribution in [0.5, 0.6) is 5.75 Å². The Morgan fingerprint density at radius 2 is 2.29 bits per heavy atom.